The van der Waals surface area contributed by atoms with Gasteiger partial charge in [0.15, 0.2) is 5.69 Å². The van der Waals surface area contributed by atoms with Crippen LogP contribution in [0.5, 0.6) is 0 Å². The van der Waals surface area contributed by atoms with Crippen molar-refractivity contribution in [2.45, 2.75) is 64.3 Å². The summed E-state index contributed by atoms with van der Waals surface area (Å²) in [6, 6.07) is 8.63. The molecule has 0 spiro atoms. The Bertz CT molecular complexity index is 819. The maximum atomic E-state index is 12.1. The van der Waals surface area contributed by atoms with Crippen molar-refractivity contribution in [2.24, 2.45) is 0 Å². The standard InChI is InChI=1S/C22H28ClN3O2/c1-4-5-6-7-15-8-10-16(11-9-15)14(2)24-21-18(23)19(22(27)28-3)25-20(26-21)17-12-13-17/h8-11,14,17H,4-7,12-13H2,1-3H3,(H,24,25,26). The molecule has 0 radical (unpaired) electrons. The van der Waals surface area contributed by atoms with E-state index in [-0.39, 0.29) is 16.8 Å². The van der Waals surface area contributed by atoms with E-state index >= 15 is 0 Å². The number of unbranched alkanes of at least 4 members (excludes halogenated alkanes) is 2. The third-order valence-electron chi connectivity index (χ3n) is 5.09. The molecule has 28 heavy (non-hydrogen) atoms. The minimum Gasteiger partial charge on any atom is -0.464 e. The first-order chi connectivity index (χ1) is 13.5. The van der Waals surface area contributed by atoms with Crippen LogP contribution in [0.15, 0.2) is 24.3 Å². The highest BCUT2D eigenvalue weighted by Crippen LogP contribution is 2.40. The van der Waals surface area contributed by atoms with Crippen LogP contribution < -0.4 is 5.32 Å². The molecule has 1 atom stereocenters. The summed E-state index contributed by atoms with van der Waals surface area (Å²) in [5, 5.41) is 3.56. The molecule has 0 bridgehead atoms. The fourth-order valence-electron chi connectivity index (χ4n) is 3.16. The maximum Gasteiger partial charge on any atom is 0.358 e. The van der Waals surface area contributed by atoms with Gasteiger partial charge >= 0.3 is 5.97 Å². The van der Waals surface area contributed by atoms with E-state index in [0.717, 1.165) is 24.8 Å². The first-order valence-corrected chi connectivity index (χ1v) is 10.4. The van der Waals surface area contributed by atoms with E-state index in [0.29, 0.717) is 17.6 Å². The lowest BCUT2D eigenvalue weighted by atomic mass is 10.0. The molecule has 1 N–H and O–H groups in total. The number of aromatic nitrogens is 2. The molecule has 3 rings (SSSR count). The van der Waals surface area contributed by atoms with Crippen LogP contribution in [0.1, 0.15) is 85.4 Å². The van der Waals surface area contributed by atoms with Crippen LogP contribution in [-0.2, 0) is 11.2 Å². The Hall–Kier alpha value is -2.14. The zero-order valence-electron chi connectivity index (χ0n) is 16.8. The zero-order valence-corrected chi connectivity index (χ0v) is 17.6. The number of methoxy groups -OCH3 is 1. The number of ether oxygens (including phenoxy) is 1. The minimum atomic E-state index is -0.540. The zero-order chi connectivity index (χ0) is 20.1. The average Bonchev–Trinajstić information content (AvgIpc) is 3.55. The number of benzene rings is 1. The Kier molecular flexibility index (Phi) is 6.89. The van der Waals surface area contributed by atoms with Gasteiger partial charge in [0.25, 0.3) is 0 Å². The van der Waals surface area contributed by atoms with Crippen LogP contribution >= 0.6 is 11.6 Å². The van der Waals surface area contributed by atoms with E-state index in [2.05, 4.69) is 53.4 Å². The highest BCUT2D eigenvalue weighted by atomic mass is 35.5. The van der Waals surface area contributed by atoms with Crippen molar-refractivity contribution in [1.29, 1.82) is 0 Å². The Morgan fingerprint density at radius 2 is 1.96 bits per heavy atom. The molecule has 150 valence electrons. The lowest BCUT2D eigenvalue weighted by Crippen LogP contribution is -2.14. The molecule has 1 aliphatic carbocycles. The number of nitrogens with zero attached hydrogens (tertiary/aromatic N) is 2. The van der Waals surface area contributed by atoms with Gasteiger partial charge in [-0.05, 0) is 43.7 Å². The number of halogens is 1. The van der Waals surface area contributed by atoms with Gasteiger partial charge in [0.2, 0.25) is 0 Å². The van der Waals surface area contributed by atoms with Crippen molar-refractivity contribution in [3.63, 3.8) is 0 Å². The van der Waals surface area contributed by atoms with Gasteiger partial charge in [-0.1, -0.05) is 55.6 Å². The van der Waals surface area contributed by atoms with Gasteiger partial charge in [-0.25, -0.2) is 14.8 Å². The van der Waals surface area contributed by atoms with Gasteiger partial charge < -0.3 is 10.1 Å². The lowest BCUT2D eigenvalue weighted by molar-refractivity contribution is 0.0593. The van der Waals surface area contributed by atoms with E-state index in [9.17, 15) is 4.79 Å². The lowest BCUT2D eigenvalue weighted by Gasteiger charge is -2.18. The Balaban J connectivity index is 1.76. The Morgan fingerprint density at radius 1 is 1.25 bits per heavy atom. The fraction of sp³-hybridized carbons (Fsp3) is 0.500. The van der Waals surface area contributed by atoms with Crippen LogP contribution in [-0.4, -0.2) is 23.0 Å². The second kappa shape index (κ2) is 9.37. The summed E-state index contributed by atoms with van der Waals surface area (Å²) in [5.74, 6) is 0.907. The molecule has 0 amide bonds. The second-order valence-electron chi connectivity index (χ2n) is 7.42. The molecule has 1 saturated carbocycles. The van der Waals surface area contributed by atoms with Gasteiger partial charge in [0.1, 0.15) is 16.7 Å². The van der Waals surface area contributed by atoms with Crippen LogP contribution in [0.25, 0.3) is 0 Å². The number of esters is 1. The quantitative estimate of drug-likeness (QED) is 0.431. The van der Waals surface area contributed by atoms with Crippen molar-refractivity contribution in [1.82, 2.24) is 9.97 Å². The number of hydrogen-bond donors (Lipinski definition) is 1. The summed E-state index contributed by atoms with van der Waals surface area (Å²) >= 11 is 6.42. The number of aryl methyl sites for hydroxylation is 1. The molecular formula is C22H28ClN3O2. The molecule has 0 aliphatic heterocycles. The molecular weight excluding hydrogens is 374 g/mol. The Labute approximate surface area is 171 Å². The van der Waals surface area contributed by atoms with Gasteiger partial charge in [0.05, 0.1) is 7.11 Å². The average molecular weight is 402 g/mol. The summed E-state index contributed by atoms with van der Waals surface area (Å²) in [6.45, 7) is 4.27. The summed E-state index contributed by atoms with van der Waals surface area (Å²) in [4.78, 5) is 21.0. The van der Waals surface area contributed by atoms with E-state index < -0.39 is 5.97 Å². The normalized spacial score (nSPS) is 14.6. The summed E-state index contributed by atoms with van der Waals surface area (Å²) in [7, 11) is 1.33. The molecule has 1 heterocycles. The molecule has 1 unspecified atom stereocenters. The third-order valence-corrected chi connectivity index (χ3v) is 5.45. The first-order valence-electron chi connectivity index (χ1n) is 10.0. The van der Waals surface area contributed by atoms with Crippen molar-refractivity contribution < 1.29 is 9.53 Å². The highest BCUT2D eigenvalue weighted by Gasteiger charge is 2.30. The minimum absolute atomic E-state index is 0.00496. The maximum absolute atomic E-state index is 12.1. The van der Waals surface area contributed by atoms with E-state index in [1.54, 1.807) is 0 Å². The van der Waals surface area contributed by atoms with Gasteiger partial charge in [0, 0.05) is 12.0 Å². The van der Waals surface area contributed by atoms with Crippen molar-refractivity contribution in [3.8, 4) is 0 Å². The largest absolute Gasteiger partial charge is 0.464 e. The molecule has 5 nitrogen and oxygen atoms in total. The smallest absolute Gasteiger partial charge is 0.358 e. The van der Waals surface area contributed by atoms with Crippen molar-refractivity contribution >= 4 is 23.4 Å². The molecule has 1 aromatic heterocycles. The van der Waals surface area contributed by atoms with Gasteiger partial charge in [-0.15, -0.1) is 0 Å². The van der Waals surface area contributed by atoms with Crippen molar-refractivity contribution in [2.75, 3.05) is 12.4 Å². The number of carbonyl (C=O) groups excluding carboxylic acids is 1. The van der Waals surface area contributed by atoms with E-state index in [4.69, 9.17) is 16.3 Å². The van der Waals surface area contributed by atoms with Crippen LogP contribution in [0.4, 0.5) is 5.82 Å². The summed E-state index contributed by atoms with van der Waals surface area (Å²) in [6.07, 6.45) is 6.90. The highest BCUT2D eigenvalue weighted by molar-refractivity contribution is 6.35. The number of rotatable bonds is 9. The topological polar surface area (TPSA) is 64.1 Å². The van der Waals surface area contributed by atoms with Crippen LogP contribution in [0, 0.1) is 0 Å². The van der Waals surface area contributed by atoms with Crippen LogP contribution in [0.2, 0.25) is 5.02 Å². The first kappa shape index (κ1) is 20.6. The fourth-order valence-corrected chi connectivity index (χ4v) is 3.37. The number of carbonyl (C=O) groups is 1. The predicted molar refractivity (Wildman–Crippen MR) is 112 cm³/mol. The van der Waals surface area contributed by atoms with E-state index in [1.165, 1.54) is 31.9 Å². The third kappa shape index (κ3) is 5.02. The second-order valence-corrected chi connectivity index (χ2v) is 7.80. The van der Waals surface area contributed by atoms with Gasteiger partial charge in [-0.3, -0.25) is 0 Å². The Morgan fingerprint density at radius 3 is 2.57 bits per heavy atom. The molecule has 2 aromatic rings. The van der Waals surface area contributed by atoms with Crippen molar-refractivity contribution in [3.05, 3.63) is 51.9 Å². The molecule has 1 aromatic carbocycles. The molecule has 0 saturated heterocycles. The predicted octanol–water partition coefficient (Wildman–Crippen LogP) is 5.70. The number of anilines is 1. The molecule has 1 aliphatic rings. The van der Waals surface area contributed by atoms with Gasteiger partial charge in [-0.2, -0.15) is 0 Å². The monoisotopic (exact) mass is 401 g/mol. The summed E-state index contributed by atoms with van der Waals surface area (Å²) < 4.78 is 4.83. The van der Waals surface area contributed by atoms with Crippen LogP contribution in [0.3, 0.4) is 0 Å². The SMILES string of the molecule is CCCCCc1ccc(C(C)Nc2nc(C3CC3)nc(C(=O)OC)c2Cl)cc1. The molecule has 1 fully saturated rings. The number of hydrogen-bond acceptors (Lipinski definition) is 5. The summed E-state index contributed by atoms with van der Waals surface area (Å²) in [5.41, 5.74) is 2.62. The number of nitrogens with one attached hydrogen (secondary N) is 1. The van der Waals surface area contributed by atoms with E-state index in [1.807, 2.05) is 0 Å². The molecule has 6 heteroatoms.